The Hall–Kier alpha value is -2.29. The van der Waals surface area contributed by atoms with Crippen molar-refractivity contribution in [1.29, 1.82) is 0 Å². The molecule has 0 radical (unpaired) electrons. The molecule has 0 aromatic heterocycles. The minimum atomic E-state index is -0.446. The van der Waals surface area contributed by atoms with Crippen molar-refractivity contribution in [3.63, 3.8) is 0 Å². The maximum atomic E-state index is 12.5. The van der Waals surface area contributed by atoms with Crippen LogP contribution in [-0.4, -0.2) is 30.0 Å². The fourth-order valence-electron chi connectivity index (χ4n) is 3.26. The van der Waals surface area contributed by atoms with Crippen LogP contribution < -0.4 is 4.74 Å². The Labute approximate surface area is 144 Å². The molecule has 3 nitrogen and oxygen atoms in total. The summed E-state index contributed by atoms with van der Waals surface area (Å²) in [5, 5.41) is 0. The Morgan fingerprint density at radius 2 is 1.75 bits per heavy atom. The van der Waals surface area contributed by atoms with E-state index >= 15 is 0 Å². The van der Waals surface area contributed by atoms with Gasteiger partial charge < -0.3 is 9.64 Å². The quantitative estimate of drug-likeness (QED) is 0.835. The highest BCUT2D eigenvalue weighted by molar-refractivity contribution is 5.81. The van der Waals surface area contributed by atoms with Crippen LogP contribution in [0.4, 0.5) is 0 Å². The molecule has 0 aliphatic carbocycles. The zero-order valence-corrected chi connectivity index (χ0v) is 14.4. The predicted molar refractivity (Wildman–Crippen MR) is 96.9 cm³/mol. The SMILES string of the molecule is CC1CCCN(C(=O)C(C)Oc2ccc(-c3ccccc3)cc2)C1. The van der Waals surface area contributed by atoms with E-state index in [-0.39, 0.29) is 5.91 Å². The molecular weight excluding hydrogens is 298 g/mol. The highest BCUT2D eigenvalue weighted by Crippen LogP contribution is 2.23. The molecule has 1 heterocycles. The lowest BCUT2D eigenvalue weighted by Gasteiger charge is -2.32. The summed E-state index contributed by atoms with van der Waals surface area (Å²) in [4.78, 5) is 14.5. The van der Waals surface area contributed by atoms with Gasteiger partial charge in [-0.15, -0.1) is 0 Å². The van der Waals surface area contributed by atoms with E-state index in [1.165, 1.54) is 12.0 Å². The largest absolute Gasteiger partial charge is 0.481 e. The van der Waals surface area contributed by atoms with Crippen LogP contribution in [-0.2, 0) is 4.79 Å². The first-order valence-electron chi connectivity index (χ1n) is 8.74. The molecule has 1 saturated heterocycles. The summed E-state index contributed by atoms with van der Waals surface area (Å²) in [5.41, 5.74) is 2.32. The molecule has 24 heavy (non-hydrogen) atoms. The van der Waals surface area contributed by atoms with E-state index in [9.17, 15) is 4.79 Å². The molecule has 2 unspecified atom stereocenters. The third-order valence-corrected chi connectivity index (χ3v) is 4.59. The third-order valence-electron chi connectivity index (χ3n) is 4.59. The number of likely N-dealkylation sites (tertiary alicyclic amines) is 1. The van der Waals surface area contributed by atoms with Crippen molar-refractivity contribution >= 4 is 5.91 Å². The minimum Gasteiger partial charge on any atom is -0.481 e. The maximum Gasteiger partial charge on any atom is 0.263 e. The van der Waals surface area contributed by atoms with Crippen LogP contribution in [0.2, 0.25) is 0 Å². The van der Waals surface area contributed by atoms with Gasteiger partial charge in [-0.1, -0.05) is 49.4 Å². The molecule has 1 aliphatic heterocycles. The number of ether oxygens (including phenoxy) is 1. The van der Waals surface area contributed by atoms with Crippen molar-refractivity contribution in [2.75, 3.05) is 13.1 Å². The number of carbonyl (C=O) groups is 1. The Morgan fingerprint density at radius 3 is 2.42 bits per heavy atom. The van der Waals surface area contributed by atoms with Gasteiger partial charge in [0.25, 0.3) is 5.91 Å². The first kappa shape index (κ1) is 16.6. The minimum absolute atomic E-state index is 0.0914. The lowest BCUT2D eigenvalue weighted by atomic mass is 10.00. The topological polar surface area (TPSA) is 29.5 Å². The van der Waals surface area contributed by atoms with Crippen molar-refractivity contribution in [3.8, 4) is 16.9 Å². The molecule has 2 aromatic carbocycles. The summed E-state index contributed by atoms with van der Waals surface area (Å²) < 4.78 is 5.86. The van der Waals surface area contributed by atoms with Gasteiger partial charge >= 0.3 is 0 Å². The molecule has 0 spiro atoms. The summed E-state index contributed by atoms with van der Waals surface area (Å²) in [5.74, 6) is 1.41. The number of piperidine rings is 1. The van der Waals surface area contributed by atoms with Crippen LogP contribution in [0.15, 0.2) is 54.6 Å². The van der Waals surface area contributed by atoms with Crippen molar-refractivity contribution in [2.24, 2.45) is 5.92 Å². The summed E-state index contributed by atoms with van der Waals surface area (Å²) >= 11 is 0. The predicted octanol–water partition coefficient (Wildman–Crippen LogP) is 4.38. The first-order chi connectivity index (χ1) is 11.6. The van der Waals surface area contributed by atoms with E-state index in [0.29, 0.717) is 5.92 Å². The van der Waals surface area contributed by atoms with Gasteiger partial charge in [-0.3, -0.25) is 4.79 Å². The average molecular weight is 323 g/mol. The number of hydrogen-bond donors (Lipinski definition) is 0. The summed E-state index contributed by atoms with van der Waals surface area (Å²) in [7, 11) is 0. The number of carbonyl (C=O) groups excluding carboxylic acids is 1. The van der Waals surface area contributed by atoms with E-state index in [0.717, 1.165) is 30.8 Å². The molecule has 0 bridgehead atoms. The Balaban J connectivity index is 1.62. The maximum absolute atomic E-state index is 12.5. The van der Waals surface area contributed by atoms with Gasteiger partial charge in [-0.05, 0) is 48.9 Å². The van der Waals surface area contributed by atoms with Crippen molar-refractivity contribution in [1.82, 2.24) is 4.90 Å². The number of nitrogens with zero attached hydrogens (tertiary/aromatic N) is 1. The second-order valence-electron chi connectivity index (χ2n) is 6.68. The monoisotopic (exact) mass is 323 g/mol. The van der Waals surface area contributed by atoms with E-state index in [1.54, 1.807) is 0 Å². The molecule has 1 fully saturated rings. The molecule has 2 aromatic rings. The number of amides is 1. The van der Waals surface area contributed by atoms with Gasteiger partial charge in [-0.2, -0.15) is 0 Å². The van der Waals surface area contributed by atoms with Crippen LogP contribution in [0.5, 0.6) is 5.75 Å². The molecule has 3 heteroatoms. The zero-order chi connectivity index (χ0) is 16.9. The summed E-state index contributed by atoms with van der Waals surface area (Å²) in [6.07, 6.45) is 1.85. The van der Waals surface area contributed by atoms with E-state index in [4.69, 9.17) is 4.74 Å². The molecule has 0 N–H and O–H groups in total. The highest BCUT2D eigenvalue weighted by Gasteiger charge is 2.26. The summed E-state index contributed by atoms with van der Waals surface area (Å²) in [6, 6.07) is 18.2. The second kappa shape index (κ2) is 7.52. The summed E-state index contributed by atoms with van der Waals surface area (Å²) in [6.45, 7) is 5.74. The van der Waals surface area contributed by atoms with Gasteiger partial charge in [0.05, 0.1) is 0 Å². The van der Waals surface area contributed by atoms with Gasteiger partial charge in [0.1, 0.15) is 5.75 Å². The normalized spacial score (nSPS) is 18.9. The van der Waals surface area contributed by atoms with Crippen LogP contribution in [0.3, 0.4) is 0 Å². The molecule has 126 valence electrons. The second-order valence-corrected chi connectivity index (χ2v) is 6.68. The van der Waals surface area contributed by atoms with E-state index in [1.807, 2.05) is 54.3 Å². The standard InChI is InChI=1S/C21H25NO2/c1-16-7-6-14-22(15-16)21(23)17(2)24-20-12-10-19(11-13-20)18-8-4-3-5-9-18/h3-5,8-13,16-17H,6-7,14-15H2,1-2H3. The van der Waals surface area contributed by atoms with Gasteiger partial charge in [0, 0.05) is 13.1 Å². The van der Waals surface area contributed by atoms with Crippen molar-refractivity contribution in [2.45, 2.75) is 32.8 Å². The van der Waals surface area contributed by atoms with Crippen LogP contribution >= 0.6 is 0 Å². The number of hydrogen-bond acceptors (Lipinski definition) is 2. The smallest absolute Gasteiger partial charge is 0.263 e. The Morgan fingerprint density at radius 1 is 1.08 bits per heavy atom. The first-order valence-corrected chi connectivity index (χ1v) is 8.74. The number of rotatable bonds is 4. The van der Waals surface area contributed by atoms with Crippen LogP contribution in [0.1, 0.15) is 26.7 Å². The highest BCUT2D eigenvalue weighted by atomic mass is 16.5. The van der Waals surface area contributed by atoms with Crippen molar-refractivity contribution in [3.05, 3.63) is 54.6 Å². The molecule has 3 rings (SSSR count). The Kier molecular flexibility index (Phi) is 5.19. The fraction of sp³-hybridized carbons (Fsp3) is 0.381. The van der Waals surface area contributed by atoms with Gasteiger partial charge in [0.2, 0.25) is 0 Å². The lowest BCUT2D eigenvalue weighted by Crippen LogP contribution is -2.45. The van der Waals surface area contributed by atoms with Crippen LogP contribution in [0, 0.1) is 5.92 Å². The molecule has 1 amide bonds. The molecule has 0 saturated carbocycles. The fourth-order valence-corrected chi connectivity index (χ4v) is 3.26. The third kappa shape index (κ3) is 3.97. The van der Waals surface area contributed by atoms with Gasteiger partial charge in [0.15, 0.2) is 6.10 Å². The average Bonchev–Trinajstić information content (AvgIpc) is 2.62. The van der Waals surface area contributed by atoms with E-state index in [2.05, 4.69) is 19.1 Å². The van der Waals surface area contributed by atoms with Gasteiger partial charge in [-0.25, -0.2) is 0 Å². The van der Waals surface area contributed by atoms with Crippen LogP contribution in [0.25, 0.3) is 11.1 Å². The zero-order valence-electron chi connectivity index (χ0n) is 14.4. The van der Waals surface area contributed by atoms with E-state index < -0.39 is 6.10 Å². The van der Waals surface area contributed by atoms with Crippen molar-refractivity contribution < 1.29 is 9.53 Å². The Bertz CT molecular complexity index is 666. The lowest BCUT2D eigenvalue weighted by molar-refractivity contribution is -0.139. The molecule has 2 atom stereocenters. The number of benzene rings is 2. The molecule has 1 aliphatic rings. The molecular formula is C21H25NO2.